The number of hydrogen-bond acceptors (Lipinski definition) is 1. The molecule has 0 aromatic rings. The normalized spacial score (nSPS) is 32.9. The average Bonchev–Trinajstić information content (AvgIpc) is 3.11. The van der Waals surface area contributed by atoms with Crippen molar-refractivity contribution in [2.75, 3.05) is 7.11 Å². The van der Waals surface area contributed by atoms with Gasteiger partial charge < -0.3 is 4.74 Å². The van der Waals surface area contributed by atoms with Crippen molar-refractivity contribution in [1.29, 1.82) is 0 Å². The molecule has 0 N–H and O–H groups in total. The molecule has 0 spiro atoms. The number of unbranched alkanes of at least 4 members (excludes halogenated alkanes) is 1. The van der Waals surface area contributed by atoms with Gasteiger partial charge in [0, 0.05) is 7.11 Å². The smallest absolute Gasteiger partial charge is 0.0571 e. The SMILES string of the molecule is C=C(CC1CCC(OC)CC1)C(C)C1CC(C)C(C(C)C(CCCC)CC(C)C)C1. The number of methoxy groups -OCH3 is 1. The van der Waals surface area contributed by atoms with Crippen LogP contribution in [0.3, 0.4) is 0 Å². The van der Waals surface area contributed by atoms with Crippen LogP contribution in [0.15, 0.2) is 12.2 Å². The van der Waals surface area contributed by atoms with Crippen LogP contribution in [0, 0.1) is 47.3 Å². The lowest BCUT2D eigenvalue weighted by Crippen LogP contribution is -2.24. The highest BCUT2D eigenvalue weighted by Gasteiger charge is 2.39. The predicted molar refractivity (Wildman–Crippen MR) is 133 cm³/mol. The van der Waals surface area contributed by atoms with Crippen LogP contribution < -0.4 is 0 Å². The molecule has 2 aliphatic rings. The highest BCUT2D eigenvalue weighted by atomic mass is 16.5. The first-order valence-corrected chi connectivity index (χ1v) is 13.5. The van der Waals surface area contributed by atoms with Gasteiger partial charge in [0.2, 0.25) is 0 Å². The molecule has 0 bridgehead atoms. The molecule has 1 heteroatoms. The minimum Gasteiger partial charge on any atom is -0.381 e. The van der Waals surface area contributed by atoms with E-state index >= 15 is 0 Å². The lowest BCUT2D eigenvalue weighted by molar-refractivity contribution is 0.0564. The van der Waals surface area contributed by atoms with Crippen molar-refractivity contribution in [3.63, 3.8) is 0 Å². The molecule has 0 radical (unpaired) electrons. The lowest BCUT2D eigenvalue weighted by Gasteiger charge is -2.33. The van der Waals surface area contributed by atoms with E-state index in [1.54, 1.807) is 5.57 Å². The zero-order valence-corrected chi connectivity index (χ0v) is 21.6. The minimum atomic E-state index is 0.511. The molecule has 2 aliphatic carbocycles. The monoisotopic (exact) mass is 418 g/mol. The summed E-state index contributed by atoms with van der Waals surface area (Å²) in [6.45, 7) is 19.4. The maximum absolute atomic E-state index is 5.56. The molecule has 0 aliphatic heterocycles. The molecule has 0 heterocycles. The molecular weight excluding hydrogens is 364 g/mol. The Hall–Kier alpha value is -0.300. The quantitative estimate of drug-likeness (QED) is 0.287. The number of rotatable bonds is 12. The molecule has 176 valence electrons. The van der Waals surface area contributed by atoms with Crippen LogP contribution in [0.2, 0.25) is 0 Å². The predicted octanol–water partition coefficient (Wildman–Crippen LogP) is 8.92. The first-order chi connectivity index (χ1) is 14.3. The highest BCUT2D eigenvalue weighted by Crippen LogP contribution is 2.49. The molecule has 0 aromatic carbocycles. The zero-order valence-electron chi connectivity index (χ0n) is 21.6. The first-order valence-electron chi connectivity index (χ1n) is 13.5. The maximum Gasteiger partial charge on any atom is 0.0571 e. The van der Waals surface area contributed by atoms with E-state index in [4.69, 9.17) is 4.74 Å². The molecule has 0 amide bonds. The minimum absolute atomic E-state index is 0.511. The van der Waals surface area contributed by atoms with Gasteiger partial charge in [-0.25, -0.2) is 0 Å². The van der Waals surface area contributed by atoms with Crippen LogP contribution in [-0.2, 0) is 4.74 Å². The molecule has 0 saturated heterocycles. The summed E-state index contributed by atoms with van der Waals surface area (Å²) in [6, 6.07) is 0. The Bertz CT molecular complexity index is 487. The van der Waals surface area contributed by atoms with Gasteiger partial charge in [-0.05, 0) is 98.7 Å². The van der Waals surface area contributed by atoms with Gasteiger partial charge in [-0.3, -0.25) is 0 Å². The number of hydrogen-bond donors (Lipinski definition) is 0. The second kappa shape index (κ2) is 12.7. The second-order valence-electron chi connectivity index (χ2n) is 11.8. The van der Waals surface area contributed by atoms with E-state index < -0.39 is 0 Å². The van der Waals surface area contributed by atoms with E-state index in [1.807, 2.05) is 7.11 Å². The van der Waals surface area contributed by atoms with E-state index in [1.165, 1.54) is 70.6 Å². The summed E-state index contributed by atoms with van der Waals surface area (Å²) in [4.78, 5) is 0. The summed E-state index contributed by atoms with van der Waals surface area (Å²) in [5.74, 6) is 6.84. The standard InChI is InChI=1S/C29H54O/c1-9-10-11-26(16-20(2)3)24(7)29-19-27(18-22(29)5)23(6)21(4)17-25-12-14-28(30-8)15-13-25/h20,22-29H,4,9-19H2,1-3,5-8H3. The van der Waals surface area contributed by atoms with Gasteiger partial charge in [0.05, 0.1) is 6.10 Å². The van der Waals surface area contributed by atoms with Gasteiger partial charge in [0.25, 0.3) is 0 Å². The summed E-state index contributed by atoms with van der Waals surface area (Å²) in [5.41, 5.74) is 1.55. The molecule has 2 saturated carbocycles. The third-order valence-corrected chi connectivity index (χ3v) is 9.13. The van der Waals surface area contributed by atoms with Crippen molar-refractivity contribution < 1.29 is 4.74 Å². The Kier molecular flexibility index (Phi) is 11.0. The molecule has 2 rings (SSSR count). The largest absolute Gasteiger partial charge is 0.381 e. The van der Waals surface area contributed by atoms with Crippen LogP contribution in [-0.4, -0.2) is 13.2 Å². The summed E-state index contributed by atoms with van der Waals surface area (Å²) in [5, 5.41) is 0. The molecule has 30 heavy (non-hydrogen) atoms. The Morgan fingerprint density at radius 1 is 1.03 bits per heavy atom. The van der Waals surface area contributed by atoms with Crippen LogP contribution >= 0.6 is 0 Å². The van der Waals surface area contributed by atoms with E-state index in [0.717, 1.165) is 41.4 Å². The summed E-state index contributed by atoms with van der Waals surface area (Å²) in [6.07, 6.45) is 15.4. The number of ether oxygens (including phenoxy) is 1. The van der Waals surface area contributed by atoms with Crippen molar-refractivity contribution in [3.8, 4) is 0 Å². The van der Waals surface area contributed by atoms with E-state index in [9.17, 15) is 0 Å². The van der Waals surface area contributed by atoms with E-state index in [2.05, 4.69) is 48.1 Å². The Morgan fingerprint density at radius 3 is 2.27 bits per heavy atom. The Morgan fingerprint density at radius 2 is 1.70 bits per heavy atom. The fourth-order valence-electron chi connectivity index (χ4n) is 6.95. The van der Waals surface area contributed by atoms with Gasteiger partial charge in [-0.1, -0.05) is 73.0 Å². The summed E-state index contributed by atoms with van der Waals surface area (Å²) >= 11 is 0. The molecule has 0 aromatic heterocycles. The van der Waals surface area contributed by atoms with Crippen molar-refractivity contribution in [3.05, 3.63) is 12.2 Å². The maximum atomic E-state index is 5.56. The van der Waals surface area contributed by atoms with Crippen molar-refractivity contribution in [2.24, 2.45) is 47.3 Å². The second-order valence-corrected chi connectivity index (χ2v) is 11.8. The van der Waals surface area contributed by atoms with Gasteiger partial charge in [-0.15, -0.1) is 0 Å². The molecule has 1 nitrogen and oxygen atoms in total. The zero-order chi connectivity index (χ0) is 22.3. The Balaban J connectivity index is 1.89. The van der Waals surface area contributed by atoms with Crippen molar-refractivity contribution in [2.45, 2.75) is 118 Å². The van der Waals surface area contributed by atoms with E-state index in [0.29, 0.717) is 12.0 Å². The number of allylic oxidation sites excluding steroid dienone is 1. The van der Waals surface area contributed by atoms with Crippen LogP contribution in [0.5, 0.6) is 0 Å². The van der Waals surface area contributed by atoms with E-state index in [-0.39, 0.29) is 0 Å². The summed E-state index contributed by atoms with van der Waals surface area (Å²) in [7, 11) is 1.87. The topological polar surface area (TPSA) is 9.23 Å². The Labute approximate surface area is 189 Å². The first kappa shape index (κ1) is 26.0. The average molecular weight is 419 g/mol. The molecular formula is C29H54O. The van der Waals surface area contributed by atoms with Gasteiger partial charge in [0.1, 0.15) is 0 Å². The van der Waals surface area contributed by atoms with Gasteiger partial charge >= 0.3 is 0 Å². The van der Waals surface area contributed by atoms with Gasteiger partial charge in [0.15, 0.2) is 0 Å². The van der Waals surface area contributed by atoms with Crippen molar-refractivity contribution in [1.82, 2.24) is 0 Å². The fraction of sp³-hybridized carbons (Fsp3) is 0.931. The molecule has 6 atom stereocenters. The fourth-order valence-corrected chi connectivity index (χ4v) is 6.95. The molecule has 6 unspecified atom stereocenters. The van der Waals surface area contributed by atoms with Crippen LogP contribution in [0.25, 0.3) is 0 Å². The molecule has 2 fully saturated rings. The van der Waals surface area contributed by atoms with Crippen molar-refractivity contribution >= 4 is 0 Å². The van der Waals surface area contributed by atoms with Crippen LogP contribution in [0.1, 0.15) is 112 Å². The third kappa shape index (κ3) is 7.39. The lowest BCUT2D eigenvalue weighted by atomic mass is 9.73. The van der Waals surface area contributed by atoms with Crippen LogP contribution in [0.4, 0.5) is 0 Å². The summed E-state index contributed by atoms with van der Waals surface area (Å²) < 4.78 is 5.56. The third-order valence-electron chi connectivity index (χ3n) is 9.13. The van der Waals surface area contributed by atoms with Gasteiger partial charge in [-0.2, -0.15) is 0 Å². The highest BCUT2D eigenvalue weighted by molar-refractivity contribution is 5.05.